The molecule has 0 aromatic heterocycles. The van der Waals surface area contributed by atoms with Crippen LogP contribution in [0.15, 0.2) is 77.8 Å². The summed E-state index contributed by atoms with van der Waals surface area (Å²) in [5, 5.41) is 0. The SMILES string of the molecule is O=C1C(=Nc2cccc(C(F)(F)F)c2)c2ccccc2N1c1cccc(OCCN2CCOCC2)c1. The fourth-order valence-corrected chi connectivity index (χ4v) is 4.27. The molecule has 2 aliphatic heterocycles. The third-order valence-corrected chi connectivity index (χ3v) is 6.08. The number of rotatable bonds is 6. The first-order valence-electron chi connectivity index (χ1n) is 11.6. The Balaban J connectivity index is 1.40. The molecule has 0 aliphatic carbocycles. The van der Waals surface area contributed by atoms with Gasteiger partial charge in [-0.05, 0) is 36.4 Å². The fourth-order valence-electron chi connectivity index (χ4n) is 4.27. The van der Waals surface area contributed by atoms with E-state index in [0.29, 0.717) is 29.3 Å². The summed E-state index contributed by atoms with van der Waals surface area (Å²) < 4.78 is 50.8. The molecule has 1 saturated heterocycles. The summed E-state index contributed by atoms with van der Waals surface area (Å²) in [6.07, 6.45) is -4.50. The van der Waals surface area contributed by atoms with Gasteiger partial charge in [0.05, 0.1) is 35.8 Å². The molecular formula is C27H24F3N3O3. The van der Waals surface area contributed by atoms with E-state index >= 15 is 0 Å². The van der Waals surface area contributed by atoms with Gasteiger partial charge in [-0.25, -0.2) is 4.99 Å². The van der Waals surface area contributed by atoms with Crippen LogP contribution in [-0.4, -0.2) is 56.0 Å². The van der Waals surface area contributed by atoms with Crippen molar-refractivity contribution in [2.75, 3.05) is 44.4 Å². The van der Waals surface area contributed by atoms with Crippen LogP contribution in [0.25, 0.3) is 0 Å². The third kappa shape index (κ3) is 5.12. The molecule has 186 valence electrons. The zero-order chi connectivity index (χ0) is 25.1. The Labute approximate surface area is 206 Å². The van der Waals surface area contributed by atoms with Crippen LogP contribution in [0.4, 0.5) is 30.2 Å². The van der Waals surface area contributed by atoms with Crippen molar-refractivity contribution >= 4 is 28.7 Å². The molecule has 0 saturated carbocycles. The molecule has 0 N–H and O–H groups in total. The topological polar surface area (TPSA) is 54.4 Å². The van der Waals surface area contributed by atoms with Crippen molar-refractivity contribution in [1.82, 2.24) is 4.90 Å². The molecule has 0 radical (unpaired) electrons. The highest BCUT2D eigenvalue weighted by Gasteiger charge is 2.35. The van der Waals surface area contributed by atoms with Crippen molar-refractivity contribution in [1.29, 1.82) is 0 Å². The van der Waals surface area contributed by atoms with Gasteiger partial charge in [-0.2, -0.15) is 13.2 Å². The number of halogens is 3. The number of nitrogens with zero attached hydrogens (tertiary/aromatic N) is 3. The maximum absolute atomic E-state index is 13.5. The number of carbonyl (C=O) groups is 1. The first-order valence-corrected chi connectivity index (χ1v) is 11.6. The molecule has 0 unspecified atom stereocenters. The number of aliphatic imine (C=N–C) groups is 1. The Hall–Kier alpha value is -3.69. The van der Waals surface area contributed by atoms with E-state index in [9.17, 15) is 18.0 Å². The van der Waals surface area contributed by atoms with Gasteiger partial charge < -0.3 is 9.47 Å². The lowest BCUT2D eigenvalue weighted by molar-refractivity contribution is -0.137. The van der Waals surface area contributed by atoms with Gasteiger partial charge in [0.2, 0.25) is 0 Å². The van der Waals surface area contributed by atoms with E-state index in [2.05, 4.69) is 9.89 Å². The monoisotopic (exact) mass is 495 g/mol. The average Bonchev–Trinajstić information content (AvgIpc) is 3.16. The van der Waals surface area contributed by atoms with E-state index in [0.717, 1.165) is 45.0 Å². The quantitative estimate of drug-likeness (QED) is 0.471. The number of benzene rings is 3. The minimum atomic E-state index is -4.50. The van der Waals surface area contributed by atoms with Crippen LogP contribution in [0.3, 0.4) is 0 Å². The summed E-state index contributed by atoms with van der Waals surface area (Å²) in [5.74, 6) is 0.202. The second-order valence-electron chi connectivity index (χ2n) is 8.47. The van der Waals surface area contributed by atoms with E-state index in [1.807, 2.05) is 6.07 Å². The molecule has 1 amide bonds. The molecular weight excluding hydrogens is 471 g/mol. The maximum Gasteiger partial charge on any atom is 0.416 e. The smallest absolute Gasteiger partial charge is 0.416 e. The van der Waals surface area contributed by atoms with Crippen molar-refractivity contribution in [3.63, 3.8) is 0 Å². The van der Waals surface area contributed by atoms with Crippen LogP contribution in [-0.2, 0) is 15.7 Å². The first kappa shape index (κ1) is 24.0. The molecule has 3 aromatic carbocycles. The number of hydrogen-bond donors (Lipinski definition) is 0. The summed E-state index contributed by atoms with van der Waals surface area (Å²) in [6.45, 7) is 4.45. The van der Waals surface area contributed by atoms with Crippen LogP contribution in [0.5, 0.6) is 5.75 Å². The van der Waals surface area contributed by atoms with Crippen LogP contribution in [0.1, 0.15) is 11.1 Å². The Morgan fingerprint density at radius 2 is 1.72 bits per heavy atom. The van der Waals surface area contributed by atoms with Crippen molar-refractivity contribution in [3.8, 4) is 5.75 Å². The van der Waals surface area contributed by atoms with Crippen LogP contribution in [0, 0.1) is 0 Å². The fraction of sp³-hybridized carbons (Fsp3) is 0.259. The van der Waals surface area contributed by atoms with Gasteiger partial charge in [0.15, 0.2) is 0 Å². The van der Waals surface area contributed by atoms with E-state index in [1.165, 1.54) is 17.0 Å². The molecule has 0 spiro atoms. The van der Waals surface area contributed by atoms with Gasteiger partial charge in [-0.1, -0.05) is 30.3 Å². The number of alkyl halides is 3. The molecule has 9 heteroatoms. The number of amides is 1. The Bertz CT molecular complexity index is 1290. The zero-order valence-corrected chi connectivity index (χ0v) is 19.4. The average molecular weight is 496 g/mol. The van der Waals surface area contributed by atoms with Crippen molar-refractivity contribution in [3.05, 3.63) is 83.9 Å². The van der Waals surface area contributed by atoms with Gasteiger partial charge in [0, 0.05) is 31.3 Å². The van der Waals surface area contributed by atoms with Crippen LogP contribution in [0.2, 0.25) is 0 Å². The summed E-state index contributed by atoms with van der Waals surface area (Å²) in [6, 6.07) is 18.9. The highest BCUT2D eigenvalue weighted by Crippen LogP contribution is 2.38. The van der Waals surface area contributed by atoms with E-state index in [1.54, 1.807) is 42.5 Å². The van der Waals surface area contributed by atoms with E-state index in [-0.39, 0.29) is 11.4 Å². The molecule has 36 heavy (non-hydrogen) atoms. The van der Waals surface area contributed by atoms with Crippen LogP contribution >= 0.6 is 0 Å². The summed E-state index contributed by atoms with van der Waals surface area (Å²) in [7, 11) is 0. The second-order valence-corrected chi connectivity index (χ2v) is 8.47. The highest BCUT2D eigenvalue weighted by molar-refractivity contribution is 6.56. The molecule has 2 heterocycles. The predicted molar refractivity (Wildman–Crippen MR) is 130 cm³/mol. The predicted octanol–water partition coefficient (Wildman–Crippen LogP) is 5.22. The highest BCUT2D eigenvalue weighted by atomic mass is 19.4. The lowest BCUT2D eigenvalue weighted by atomic mass is 10.1. The van der Waals surface area contributed by atoms with Gasteiger partial charge in [-0.15, -0.1) is 0 Å². The van der Waals surface area contributed by atoms with Gasteiger partial charge in [0.25, 0.3) is 5.91 Å². The van der Waals surface area contributed by atoms with Crippen LogP contribution < -0.4 is 9.64 Å². The number of morpholine rings is 1. The normalized spacial score (nSPS) is 17.5. The van der Waals surface area contributed by atoms with Crippen molar-refractivity contribution in [2.45, 2.75) is 6.18 Å². The maximum atomic E-state index is 13.5. The Kier molecular flexibility index (Phi) is 6.75. The number of para-hydroxylation sites is 1. The Morgan fingerprint density at radius 3 is 2.53 bits per heavy atom. The summed E-state index contributed by atoms with van der Waals surface area (Å²) >= 11 is 0. The number of ether oxygens (including phenoxy) is 2. The third-order valence-electron chi connectivity index (χ3n) is 6.08. The molecule has 0 bridgehead atoms. The number of carbonyl (C=O) groups excluding carboxylic acids is 1. The standard InChI is InChI=1S/C27H24F3N3O3/c28-27(29,30)19-5-3-6-20(17-19)31-25-23-9-1-2-10-24(23)33(26(25)34)21-7-4-8-22(18-21)36-16-13-32-11-14-35-15-12-32/h1-10,17-18H,11-16H2. The molecule has 5 rings (SSSR count). The summed E-state index contributed by atoms with van der Waals surface area (Å²) in [4.78, 5) is 21.6. The minimum Gasteiger partial charge on any atom is -0.492 e. The van der Waals surface area contributed by atoms with Gasteiger partial charge in [-0.3, -0.25) is 14.6 Å². The van der Waals surface area contributed by atoms with Gasteiger partial charge in [0.1, 0.15) is 18.1 Å². The first-order chi connectivity index (χ1) is 17.4. The zero-order valence-electron chi connectivity index (χ0n) is 19.4. The Morgan fingerprint density at radius 1 is 0.944 bits per heavy atom. The molecule has 0 atom stereocenters. The lowest BCUT2D eigenvalue weighted by Gasteiger charge is -2.26. The minimum absolute atomic E-state index is 0.0602. The van der Waals surface area contributed by atoms with Crippen molar-refractivity contribution < 1.29 is 27.4 Å². The lowest BCUT2D eigenvalue weighted by Crippen LogP contribution is -2.38. The second kappa shape index (κ2) is 10.1. The number of fused-ring (bicyclic) bond motifs is 1. The largest absolute Gasteiger partial charge is 0.492 e. The van der Waals surface area contributed by atoms with Crippen molar-refractivity contribution in [2.24, 2.45) is 4.99 Å². The molecule has 3 aromatic rings. The van der Waals surface area contributed by atoms with Gasteiger partial charge >= 0.3 is 6.18 Å². The van der Waals surface area contributed by atoms with E-state index in [4.69, 9.17) is 9.47 Å². The number of hydrogen-bond acceptors (Lipinski definition) is 5. The number of anilines is 2. The van der Waals surface area contributed by atoms with E-state index < -0.39 is 17.6 Å². The molecule has 1 fully saturated rings. The molecule has 6 nitrogen and oxygen atoms in total. The summed E-state index contributed by atoms with van der Waals surface area (Å²) in [5.41, 5.74) is 1.08. The molecule has 2 aliphatic rings.